The van der Waals surface area contributed by atoms with Crippen molar-refractivity contribution in [2.24, 2.45) is 5.73 Å². The Kier molecular flexibility index (Phi) is 6.33. The molecule has 0 radical (unpaired) electrons. The minimum Gasteiger partial charge on any atom is -0.497 e. The monoisotopic (exact) mass is 353 g/mol. The number of amides is 2. The molecule has 1 aromatic carbocycles. The van der Waals surface area contributed by atoms with Crippen LogP contribution in [0.5, 0.6) is 5.75 Å². The van der Waals surface area contributed by atoms with Gasteiger partial charge in [0.2, 0.25) is 5.91 Å². The van der Waals surface area contributed by atoms with Gasteiger partial charge in [-0.25, -0.2) is 4.39 Å². The fraction of sp³-hybridized carbons (Fsp3) is 0.529. The van der Waals surface area contributed by atoms with Gasteiger partial charge in [0.05, 0.1) is 7.11 Å². The van der Waals surface area contributed by atoms with E-state index in [0.29, 0.717) is 30.7 Å². The summed E-state index contributed by atoms with van der Waals surface area (Å²) in [6.45, 7) is 0.816. The van der Waals surface area contributed by atoms with E-state index in [1.54, 1.807) is 6.07 Å². The van der Waals surface area contributed by atoms with Crippen molar-refractivity contribution in [1.29, 1.82) is 0 Å². The number of hydrogen-bond acceptors (Lipinski definition) is 5. The summed E-state index contributed by atoms with van der Waals surface area (Å²) >= 11 is 0. The van der Waals surface area contributed by atoms with Crippen LogP contribution in [-0.2, 0) is 16.1 Å². The summed E-state index contributed by atoms with van der Waals surface area (Å²) in [6.07, 6.45) is 1.04. The molecule has 1 saturated heterocycles. The predicted molar refractivity (Wildman–Crippen MR) is 89.2 cm³/mol. The Labute approximate surface area is 145 Å². The van der Waals surface area contributed by atoms with E-state index in [2.05, 4.69) is 5.32 Å². The molecule has 0 saturated carbocycles. The first-order valence-electron chi connectivity index (χ1n) is 8.19. The molecule has 0 spiro atoms. The number of aliphatic hydroxyl groups is 1. The molecule has 1 atom stereocenters. The van der Waals surface area contributed by atoms with Crippen molar-refractivity contribution in [2.75, 3.05) is 26.7 Å². The van der Waals surface area contributed by atoms with Crippen LogP contribution in [0.4, 0.5) is 4.39 Å². The molecule has 2 amide bonds. The molecule has 0 aromatic heterocycles. The molecule has 1 aliphatic rings. The van der Waals surface area contributed by atoms with Gasteiger partial charge in [0.1, 0.15) is 11.6 Å². The summed E-state index contributed by atoms with van der Waals surface area (Å²) in [7, 11) is 1.49. The summed E-state index contributed by atoms with van der Waals surface area (Å²) < 4.78 is 19.1. The number of benzene rings is 1. The summed E-state index contributed by atoms with van der Waals surface area (Å²) in [4.78, 5) is 24.8. The van der Waals surface area contributed by atoms with E-state index in [4.69, 9.17) is 10.5 Å². The van der Waals surface area contributed by atoms with E-state index in [-0.39, 0.29) is 26.1 Å². The number of methoxy groups -OCH3 is 1. The lowest BCUT2D eigenvalue weighted by Gasteiger charge is -2.38. The Balaban J connectivity index is 2.02. The molecule has 0 aliphatic carbocycles. The van der Waals surface area contributed by atoms with Gasteiger partial charge in [-0.15, -0.1) is 0 Å². The Morgan fingerprint density at radius 2 is 2.28 bits per heavy atom. The second kappa shape index (κ2) is 8.26. The highest BCUT2D eigenvalue weighted by molar-refractivity contribution is 5.86. The summed E-state index contributed by atoms with van der Waals surface area (Å²) in [6, 6.07) is 4.34. The molecule has 0 unspecified atom stereocenters. The van der Waals surface area contributed by atoms with Gasteiger partial charge in [-0.05, 0) is 31.0 Å². The van der Waals surface area contributed by atoms with Crippen molar-refractivity contribution >= 4 is 11.8 Å². The Morgan fingerprint density at radius 3 is 2.96 bits per heavy atom. The number of ether oxygens (including phenoxy) is 1. The first-order chi connectivity index (χ1) is 11.9. The van der Waals surface area contributed by atoms with Crippen LogP contribution in [0.2, 0.25) is 0 Å². The zero-order valence-electron chi connectivity index (χ0n) is 14.3. The van der Waals surface area contributed by atoms with E-state index in [1.165, 1.54) is 24.1 Å². The average Bonchev–Trinajstić information content (AvgIpc) is 2.58. The highest BCUT2D eigenvalue weighted by Gasteiger charge is 2.41. The van der Waals surface area contributed by atoms with Crippen molar-refractivity contribution < 1.29 is 23.8 Å². The van der Waals surface area contributed by atoms with Crippen molar-refractivity contribution in [3.63, 3.8) is 0 Å². The van der Waals surface area contributed by atoms with Crippen molar-refractivity contribution in [2.45, 2.75) is 31.4 Å². The van der Waals surface area contributed by atoms with Gasteiger partial charge in [-0.2, -0.15) is 0 Å². The molecule has 1 fully saturated rings. The minimum absolute atomic E-state index is 0.0240. The third kappa shape index (κ3) is 4.90. The third-order valence-electron chi connectivity index (χ3n) is 4.28. The molecule has 4 N–H and O–H groups in total. The van der Waals surface area contributed by atoms with Crippen LogP contribution in [-0.4, -0.2) is 54.2 Å². The van der Waals surface area contributed by atoms with Gasteiger partial charge in [0.15, 0.2) is 5.60 Å². The number of hydrogen-bond donors (Lipinski definition) is 3. The second-order valence-corrected chi connectivity index (χ2v) is 6.21. The van der Waals surface area contributed by atoms with E-state index < -0.39 is 23.2 Å². The number of primary amides is 1. The molecule has 8 heteroatoms. The zero-order valence-corrected chi connectivity index (χ0v) is 14.3. The topological polar surface area (TPSA) is 105 Å². The molecule has 1 heterocycles. The second-order valence-electron chi connectivity index (χ2n) is 6.21. The van der Waals surface area contributed by atoms with Gasteiger partial charge >= 0.3 is 0 Å². The Hall–Kier alpha value is -2.19. The number of carbonyl (C=O) groups excluding carboxylic acids is 2. The number of halogens is 1. The molecule has 1 aliphatic heterocycles. The number of nitrogens with one attached hydrogen (secondary N) is 1. The van der Waals surface area contributed by atoms with Gasteiger partial charge in [-0.1, -0.05) is 0 Å². The van der Waals surface area contributed by atoms with Crippen molar-refractivity contribution in [3.8, 4) is 5.75 Å². The fourth-order valence-corrected chi connectivity index (χ4v) is 2.89. The predicted octanol–water partition coefficient (Wildman–Crippen LogP) is 0.153. The van der Waals surface area contributed by atoms with Gasteiger partial charge in [0, 0.05) is 38.2 Å². The van der Waals surface area contributed by atoms with Gasteiger partial charge in [-0.3, -0.25) is 9.59 Å². The van der Waals surface area contributed by atoms with Crippen LogP contribution in [0.1, 0.15) is 24.8 Å². The normalized spacial score (nSPS) is 20.6. The minimum atomic E-state index is -1.56. The average molecular weight is 353 g/mol. The molecular weight excluding hydrogens is 329 g/mol. The number of nitrogens with zero attached hydrogens (tertiary/aromatic N) is 1. The highest BCUT2D eigenvalue weighted by Crippen LogP contribution is 2.25. The van der Waals surface area contributed by atoms with Crippen molar-refractivity contribution in [3.05, 3.63) is 29.6 Å². The Morgan fingerprint density at radius 1 is 1.52 bits per heavy atom. The maximum atomic E-state index is 14.0. The number of nitrogens with two attached hydrogens (primary N) is 1. The maximum absolute atomic E-state index is 14.0. The first-order valence-corrected chi connectivity index (χ1v) is 8.19. The smallest absolute Gasteiger partial charge is 0.256 e. The number of rotatable bonds is 8. The molecule has 1 aromatic rings. The van der Waals surface area contributed by atoms with Crippen LogP contribution < -0.4 is 15.8 Å². The zero-order chi connectivity index (χ0) is 18.4. The lowest BCUT2D eigenvalue weighted by Crippen LogP contribution is -2.57. The molecule has 2 rings (SSSR count). The van der Waals surface area contributed by atoms with Gasteiger partial charge < -0.3 is 25.8 Å². The molecule has 138 valence electrons. The third-order valence-corrected chi connectivity index (χ3v) is 4.28. The van der Waals surface area contributed by atoms with E-state index in [9.17, 15) is 19.1 Å². The van der Waals surface area contributed by atoms with E-state index in [1.807, 2.05) is 0 Å². The SMILES string of the molecule is COc1ccc(F)c(CN2CCC[C@@](O)(CNCCC(N)=O)C2=O)c1. The quantitative estimate of drug-likeness (QED) is 0.577. The number of likely N-dealkylation sites (tertiary alicyclic amines) is 1. The molecular formula is C17H24FN3O4. The number of carbonyl (C=O) groups is 2. The first kappa shape index (κ1) is 19.1. The van der Waals surface area contributed by atoms with Crippen LogP contribution >= 0.6 is 0 Å². The molecule has 7 nitrogen and oxygen atoms in total. The lowest BCUT2D eigenvalue weighted by molar-refractivity contribution is -0.157. The summed E-state index contributed by atoms with van der Waals surface area (Å²) in [5.74, 6) is -0.830. The number of piperidine rings is 1. The largest absolute Gasteiger partial charge is 0.497 e. The maximum Gasteiger partial charge on any atom is 0.256 e. The fourth-order valence-electron chi connectivity index (χ4n) is 2.89. The van der Waals surface area contributed by atoms with Crippen LogP contribution in [0.25, 0.3) is 0 Å². The molecule has 25 heavy (non-hydrogen) atoms. The van der Waals surface area contributed by atoms with Crippen LogP contribution in [0, 0.1) is 5.82 Å². The summed E-state index contributed by atoms with van der Waals surface area (Å²) in [5.41, 5.74) is 3.82. The van der Waals surface area contributed by atoms with E-state index in [0.717, 1.165) is 0 Å². The summed E-state index contributed by atoms with van der Waals surface area (Å²) in [5, 5.41) is 13.5. The van der Waals surface area contributed by atoms with Crippen LogP contribution in [0.3, 0.4) is 0 Å². The standard InChI is InChI=1S/C17H24FN3O4/c1-25-13-3-4-14(18)12(9-13)10-21-8-2-6-17(24,16(21)23)11-20-7-5-15(19)22/h3-4,9,20,24H,2,5-8,10-11H2,1H3,(H2,19,22)/t17-/m1/s1. The van der Waals surface area contributed by atoms with E-state index >= 15 is 0 Å². The van der Waals surface area contributed by atoms with Gasteiger partial charge in [0.25, 0.3) is 5.91 Å². The Bertz CT molecular complexity index is 640. The van der Waals surface area contributed by atoms with Crippen LogP contribution in [0.15, 0.2) is 18.2 Å². The highest BCUT2D eigenvalue weighted by atomic mass is 19.1. The van der Waals surface area contributed by atoms with Crippen molar-refractivity contribution in [1.82, 2.24) is 10.2 Å². The molecule has 0 bridgehead atoms. The lowest BCUT2D eigenvalue weighted by atomic mass is 9.91.